The molecule has 0 spiro atoms. The Morgan fingerprint density at radius 3 is 2.62 bits per heavy atom. The zero-order chi connectivity index (χ0) is 21.0. The molecule has 0 aliphatic rings. The Balaban J connectivity index is 2.03. The molecule has 0 saturated carbocycles. The molecule has 1 amide bonds. The number of benzene rings is 2. The second-order valence-corrected chi connectivity index (χ2v) is 7.71. The molecule has 0 bridgehead atoms. The van der Waals surface area contributed by atoms with Gasteiger partial charge in [0, 0.05) is 5.56 Å². The van der Waals surface area contributed by atoms with Gasteiger partial charge in [0.25, 0.3) is 5.91 Å². The number of nitrogens with zero attached hydrogens (tertiary/aromatic N) is 2. The van der Waals surface area contributed by atoms with Gasteiger partial charge in [-0.3, -0.25) is 9.59 Å². The van der Waals surface area contributed by atoms with Crippen molar-refractivity contribution in [2.75, 3.05) is 14.2 Å². The van der Waals surface area contributed by atoms with Crippen LogP contribution >= 0.6 is 11.3 Å². The van der Waals surface area contributed by atoms with Crippen LogP contribution in [0.25, 0.3) is 10.2 Å². The highest BCUT2D eigenvalue weighted by Gasteiger charge is 2.13. The molecule has 3 aromatic rings. The second-order valence-electron chi connectivity index (χ2n) is 6.70. The summed E-state index contributed by atoms with van der Waals surface area (Å²) in [6.07, 6.45) is 1.03. The molecule has 6 nitrogen and oxygen atoms in total. The molecule has 0 radical (unpaired) electrons. The van der Waals surface area contributed by atoms with Crippen LogP contribution in [-0.4, -0.2) is 30.7 Å². The van der Waals surface area contributed by atoms with E-state index in [0.717, 1.165) is 27.8 Å². The Hall–Kier alpha value is -2.93. The van der Waals surface area contributed by atoms with E-state index in [4.69, 9.17) is 9.47 Å². The van der Waals surface area contributed by atoms with Gasteiger partial charge < -0.3 is 14.0 Å². The molecule has 0 aliphatic carbocycles. The maximum absolute atomic E-state index is 12.7. The van der Waals surface area contributed by atoms with E-state index < -0.39 is 5.97 Å². The van der Waals surface area contributed by atoms with Gasteiger partial charge in [-0.1, -0.05) is 42.0 Å². The maximum Gasteiger partial charge on any atom is 0.325 e. The number of methoxy groups -OCH3 is 2. The minimum Gasteiger partial charge on any atom is -0.496 e. The fraction of sp³-hybridized carbons (Fsp3) is 0.318. The summed E-state index contributed by atoms with van der Waals surface area (Å²) < 4.78 is 12.9. The minimum absolute atomic E-state index is 0.00184. The van der Waals surface area contributed by atoms with Gasteiger partial charge >= 0.3 is 5.97 Å². The van der Waals surface area contributed by atoms with Crippen molar-refractivity contribution >= 4 is 33.4 Å². The molecule has 3 rings (SSSR count). The van der Waals surface area contributed by atoms with Crippen molar-refractivity contribution in [3.05, 3.63) is 57.9 Å². The van der Waals surface area contributed by atoms with E-state index in [0.29, 0.717) is 10.6 Å². The monoisotopic (exact) mass is 412 g/mol. The fourth-order valence-electron chi connectivity index (χ4n) is 3.12. The third-order valence-electron chi connectivity index (χ3n) is 4.67. The maximum atomic E-state index is 12.7. The van der Waals surface area contributed by atoms with Crippen LogP contribution in [0.4, 0.5) is 0 Å². The number of aromatic nitrogens is 1. The van der Waals surface area contributed by atoms with Crippen LogP contribution in [0.3, 0.4) is 0 Å². The van der Waals surface area contributed by atoms with Crippen molar-refractivity contribution in [2.45, 2.75) is 33.2 Å². The summed E-state index contributed by atoms with van der Waals surface area (Å²) in [5, 5.41) is 0. The number of fused-ring (bicyclic) bond motifs is 1. The van der Waals surface area contributed by atoms with Gasteiger partial charge in [0.2, 0.25) is 0 Å². The van der Waals surface area contributed by atoms with Gasteiger partial charge in [-0.15, -0.1) is 0 Å². The summed E-state index contributed by atoms with van der Waals surface area (Å²) in [6, 6.07) is 11.8. The van der Waals surface area contributed by atoms with Crippen LogP contribution in [0.5, 0.6) is 5.75 Å². The summed E-state index contributed by atoms with van der Waals surface area (Å²) in [4.78, 5) is 29.4. The average molecular weight is 413 g/mol. The molecule has 0 N–H and O–H groups in total. The molecule has 1 aromatic heterocycles. The number of ether oxygens (including phenoxy) is 2. The summed E-state index contributed by atoms with van der Waals surface area (Å²) >= 11 is 1.39. The Labute approximate surface area is 173 Å². The molecule has 7 heteroatoms. The van der Waals surface area contributed by atoms with Crippen molar-refractivity contribution in [2.24, 2.45) is 4.99 Å². The smallest absolute Gasteiger partial charge is 0.325 e. The highest BCUT2D eigenvalue weighted by molar-refractivity contribution is 7.16. The van der Waals surface area contributed by atoms with Crippen molar-refractivity contribution in [1.29, 1.82) is 0 Å². The normalized spacial score (nSPS) is 11.7. The van der Waals surface area contributed by atoms with E-state index in [1.165, 1.54) is 24.0 Å². The number of aryl methyl sites for hydroxylation is 2. The molecule has 0 unspecified atom stereocenters. The SMILES string of the molecule is CCc1ccc2c(c1)sc(=NC(=O)Cc1cc(C)ccc1OC)n2CC(=O)OC. The number of amides is 1. The number of carbonyl (C=O) groups excluding carboxylic acids is 2. The molecule has 0 fully saturated rings. The highest BCUT2D eigenvalue weighted by atomic mass is 32.1. The van der Waals surface area contributed by atoms with E-state index in [1.54, 1.807) is 11.7 Å². The lowest BCUT2D eigenvalue weighted by molar-refractivity contribution is -0.141. The molecule has 2 aromatic carbocycles. The topological polar surface area (TPSA) is 69.9 Å². The summed E-state index contributed by atoms with van der Waals surface area (Å²) in [7, 11) is 2.93. The van der Waals surface area contributed by atoms with Crippen molar-refractivity contribution in [3.8, 4) is 5.75 Å². The predicted octanol–water partition coefficient (Wildman–Crippen LogP) is 3.43. The van der Waals surface area contributed by atoms with E-state index in [2.05, 4.69) is 18.0 Å². The Morgan fingerprint density at radius 2 is 1.93 bits per heavy atom. The van der Waals surface area contributed by atoms with Crippen molar-refractivity contribution < 1.29 is 19.1 Å². The van der Waals surface area contributed by atoms with Gasteiger partial charge in [0.1, 0.15) is 12.3 Å². The lowest BCUT2D eigenvalue weighted by Gasteiger charge is -2.07. The third-order valence-corrected chi connectivity index (χ3v) is 5.71. The first-order valence-corrected chi connectivity index (χ1v) is 10.2. The van der Waals surface area contributed by atoms with Crippen LogP contribution in [0.2, 0.25) is 0 Å². The number of hydrogen-bond donors (Lipinski definition) is 0. The van der Waals surface area contributed by atoms with Crippen LogP contribution in [0.15, 0.2) is 41.4 Å². The van der Waals surface area contributed by atoms with E-state index >= 15 is 0 Å². The first-order chi connectivity index (χ1) is 13.9. The lowest BCUT2D eigenvalue weighted by atomic mass is 10.1. The quantitative estimate of drug-likeness (QED) is 0.582. The van der Waals surface area contributed by atoms with Crippen LogP contribution in [-0.2, 0) is 33.7 Å². The predicted molar refractivity (Wildman–Crippen MR) is 113 cm³/mol. The standard InChI is InChI=1S/C22H24N2O4S/c1-5-15-7-8-17-19(11-15)29-22(24(17)13-21(26)28-4)23-20(25)12-16-10-14(2)6-9-18(16)27-3/h6-11H,5,12-13H2,1-4H3. The number of thiazole rings is 1. The van der Waals surface area contributed by atoms with Crippen molar-refractivity contribution in [3.63, 3.8) is 0 Å². The molecular formula is C22H24N2O4S. The molecular weight excluding hydrogens is 388 g/mol. The van der Waals surface area contributed by atoms with Gasteiger partial charge in [0.05, 0.1) is 30.9 Å². The molecule has 152 valence electrons. The fourth-order valence-corrected chi connectivity index (χ4v) is 4.23. The Bertz CT molecular complexity index is 1130. The van der Waals surface area contributed by atoms with Gasteiger partial charge in [-0.25, -0.2) is 0 Å². The Kier molecular flexibility index (Phi) is 6.49. The van der Waals surface area contributed by atoms with Gasteiger partial charge in [0.15, 0.2) is 4.80 Å². The molecule has 29 heavy (non-hydrogen) atoms. The van der Waals surface area contributed by atoms with Crippen LogP contribution < -0.4 is 9.54 Å². The van der Waals surface area contributed by atoms with E-state index in [-0.39, 0.29) is 18.9 Å². The Morgan fingerprint density at radius 1 is 1.14 bits per heavy atom. The first-order valence-electron chi connectivity index (χ1n) is 9.35. The van der Waals surface area contributed by atoms with E-state index in [1.807, 2.05) is 37.3 Å². The number of carbonyl (C=O) groups is 2. The van der Waals surface area contributed by atoms with Crippen LogP contribution in [0, 0.1) is 6.92 Å². The summed E-state index contributed by atoms with van der Waals surface area (Å²) in [5.74, 6) is -0.0289. The number of esters is 1. The molecule has 0 atom stereocenters. The summed E-state index contributed by atoms with van der Waals surface area (Å²) in [6.45, 7) is 4.05. The number of rotatable bonds is 6. The molecule has 1 heterocycles. The van der Waals surface area contributed by atoms with Gasteiger partial charge in [-0.05, 0) is 37.1 Å². The highest BCUT2D eigenvalue weighted by Crippen LogP contribution is 2.22. The zero-order valence-corrected chi connectivity index (χ0v) is 17.8. The van der Waals surface area contributed by atoms with E-state index in [9.17, 15) is 9.59 Å². The average Bonchev–Trinajstić information content (AvgIpc) is 3.03. The largest absolute Gasteiger partial charge is 0.496 e. The third kappa shape index (κ3) is 4.74. The van der Waals surface area contributed by atoms with Gasteiger partial charge in [-0.2, -0.15) is 4.99 Å². The summed E-state index contributed by atoms with van der Waals surface area (Å²) in [5.41, 5.74) is 3.88. The number of hydrogen-bond acceptors (Lipinski definition) is 5. The second kappa shape index (κ2) is 9.05. The zero-order valence-electron chi connectivity index (χ0n) is 17.0. The molecule has 0 saturated heterocycles. The minimum atomic E-state index is -0.390. The first kappa shape index (κ1) is 20.8. The molecule has 0 aliphatic heterocycles. The van der Waals surface area contributed by atoms with Crippen molar-refractivity contribution in [1.82, 2.24) is 4.57 Å². The lowest BCUT2D eigenvalue weighted by Crippen LogP contribution is -2.22. The van der Waals surface area contributed by atoms with Crippen LogP contribution in [0.1, 0.15) is 23.6 Å².